The van der Waals surface area contributed by atoms with Crippen LogP contribution in [0.1, 0.15) is 52.4 Å². The third-order valence-corrected chi connectivity index (χ3v) is 2.78. The Balaban J connectivity index is 3.08. The van der Waals surface area contributed by atoms with Gasteiger partial charge in [-0.1, -0.05) is 39.2 Å². The molecule has 0 atom stereocenters. The molecule has 0 rings (SSSR count). The molecule has 0 radical (unpaired) electrons. The predicted octanol–water partition coefficient (Wildman–Crippen LogP) is 3.85. The van der Waals surface area contributed by atoms with Gasteiger partial charge in [-0.2, -0.15) is 0 Å². The van der Waals surface area contributed by atoms with Crippen LogP contribution in [0, 0.1) is 0 Å². The van der Waals surface area contributed by atoms with Crippen LogP contribution in [-0.4, -0.2) is 24.5 Å². The zero-order chi connectivity index (χ0) is 10.6. The van der Waals surface area contributed by atoms with Crippen LogP contribution < -0.4 is 0 Å². The van der Waals surface area contributed by atoms with Crippen molar-refractivity contribution in [3.8, 4) is 0 Å². The summed E-state index contributed by atoms with van der Waals surface area (Å²) in [7, 11) is 0. The standard InChI is InChI=1S/C13H27N/c1-4-7-8-9-10-11-12-13-14(5-2)6-3/h4H,1,5-13H2,2-3H3. The minimum Gasteiger partial charge on any atom is -0.304 e. The highest BCUT2D eigenvalue weighted by Crippen LogP contribution is 2.06. The number of rotatable bonds is 10. The summed E-state index contributed by atoms with van der Waals surface area (Å²) in [6.45, 7) is 11.9. The molecule has 0 saturated carbocycles. The number of allylic oxidation sites excluding steroid dienone is 1. The van der Waals surface area contributed by atoms with Crippen molar-refractivity contribution in [2.45, 2.75) is 52.4 Å². The van der Waals surface area contributed by atoms with Crippen molar-refractivity contribution < 1.29 is 0 Å². The molecular weight excluding hydrogens is 170 g/mol. The van der Waals surface area contributed by atoms with E-state index in [-0.39, 0.29) is 0 Å². The fourth-order valence-corrected chi connectivity index (χ4v) is 1.69. The molecule has 0 spiro atoms. The van der Waals surface area contributed by atoms with Crippen molar-refractivity contribution in [2.75, 3.05) is 19.6 Å². The summed E-state index contributed by atoms with van der Waals surface area (Å²) in [5.74, 6) is 0. The molecule has 1 heteroatoms. The van der Waals surface area contributed by atoms with Gasteiger partial charge in [0.15, 0.2) is 0 Å². The first-order valence-electron chi connectivity index (χ1n) is 6.18. The molecule has 0 aliphatic rings. The molecule has 0 heterocycles. The summed E-state index contributed by atoms with van der Waals surface area (Å²) in [6, 6.07) is 0. The molecule has 0 aliphatic carbocycles. The van der Waals surface area contributed by atoms with Crippen LogP contribution in [0.3, 0.4) is 0 Å². The van der Waals surface area contributed by atoms with Gasteiger partial charge in [0.25, 0.3) is 0 Å². The van der Waals surface area contributed by atoms with Crippen LogP contribution in [0.2, 0.25) is 0 Å². The van der Waals surface area contributed by atoms with Crippen LogP contribution in [-0.2, 0) is 0 Å². The second-order valence-corrected chi connectivity index (χ2v) is 3.87. The Morgan fingerprint density at radius 3 is 2.07 bits per heavy atom. The molecule has 0 aromatic rings. The lowest BCUT2D eigenvalue weighted by Crippen LogP contribution is -2.23. The lowest BCUT2D eigenvalue weighted by Gasteiger charge is -2.17. The predicted molar refractivity (Wildman–Crippen MR) is 65.7 cm³/mol. The van der Waals surface area contributed by atoms with Gasteiger partial charge < -0.3 is 4.90 Å². The fourth-order valence-electron chi connectivity index (χ4n) is 1.69. The molecule has 14 heavy (non-hydrogen) atoms. The average Bonchev–Trinajstić information content (AvgIpc) is 2.22. The zero-order valence-corrected chi connectivity index (χ0v) is 10.1. The molecule has 84 valence electrons. The topological polar surface area (TPSA) is 3.24 Å². The van der Waals surface area contributed by atoms with Crippen molar-refractivity contribution in [1.82, 2.24) is 4.90 Å². The highest BCUT2D eigenvalue weighted by atomic mass is 15.1. The average molecular weight is 197 g/mol. The number of nitrogens with zero attached hydrogens (tertiary/aromatic N) is 1. The summed E-state index contributed by atoms with van der Waals surface area (Å²) in [4.78, 5) is 2.50. The normalized spacial score (nSPS) is 10.8. The quantitative estimate of drug-likeness (QED) is 0.380. The Morgan fingerprint density at radius 1 is 0.929 bits per heavy atom. The van der Waals surface area contributed by atoms with Gasteiger partial charge in [-0.05, 0) is 38.9 Å². The molecule has 0 aliphatic heterocycles. The van der Waals surface area contributed by atoms with E-state index in [0.717, 1.165) is 0 Å². The van der Waals surface area contributed by atoms with E-state index in [0.29, 0.717) is 0 Å². The zero-order valence-electron chi connectivity index (χ0n) is 10.1. The number of hydrogen-bond donors (Lipinski definition) is 0. The Bertz CT molecular complexity index is 116. The lowest BCUT2D eigenvalue weighted by atomic mass is 10.1. The molecule has 1 nitrogen and oxygen atoms in total. The molecule has 0 aromatic carbocycles. The summed E-state index contributed by atoms with van der Waals surface area (Å²) in [5.41, 5.74) is 0. The van der Waals surface area contributed by atoms with Crippen LogP contribution in [0.4, 0.5) is 0 Å². The van der Waals surface area contributed by atoms with Crippen molar-refractivity contribution in [1.29, 1.82) is 0 Å². The maximum Gasteiger partial charge on any atom is -0.00190 e. The third kappa shape index (κ3) is 8.31. The van der Waals surface area contributed by atoms with Gasteiger partial charge in [0, 0.05) is 0 Å². The highest BCUT2D eigenvalue weighted by Gasteiger charge is 1.97. The lowest BCUT2D eigenvalue weighted by molar-refractivity contribution is 0.295. The minimum absolute atomic E-state index is 1.19. The molecule has 0 N–H and O–H groups in total. The van der Waals surface area contributed by atoms with Gasteiger partial charge >= 0.3 is 0 Å². The van der Waals surface area contributed by atoms with Gasteiger partial charge in [-0.25, -0.2) is 0 Å². The first-order chi connectivity index (χ1) is 6.85. The van der Waals surface area contributed by atoms with Crippen molar-refractivity contribution in [3.63, 3.8) is 0 Å². The van der Waals surface area contributed by atoms with Crippen molar-refractivity contribution in [3.05, 3.63) is 12.7 Å². The number of hydrogen-bond acceptors (Lipinski definition) is 1. The van der Waals surface area contributed by atoms with Crippen LogP contribution in [0.25, 0.3) is 0 Å². The third-order valence-electron chi connectivity index (χ3n) is 2.78. The van der Waals surface area contributed by atoms with E-state index in [9.17, 15) is 0 Å². The maximum atomic E-state index is 3.73. The molecular formula is C13H27N. The van der Waals surface area contributed by atoms with E-state index < -0.39 is 0 Å². The minimum atomic E-state index is 1.19. The smallest absolute Gasteiger partial charge is 0.00190 e. The van der Waals surface area contributed by atoms with Crippen molar-refractivity contribution >= 4 is 0 Å². The van der Waals surface area contributed by atoms with Gasteiger partial charge in [0.1, 0.15) is 0 Å². The first kappa shape index (κ1) is 13.7. The van der Waals surface area contributed by atoms with Crippen LogP contribution in [0.15, 0.2) is 12.7 Å². The Kier molecular flexibility index (Phi) is 10.5. The van der Waals surface area contributed by atoms with Crippen molar-refractivity contribution in [2.24, 2.45) is 0 Å². The molecule has 0 fully saturated rings. The van der Waals surface area contributed by atoms with E-state index in [1.54, 1.807) is 0 Å². The summed E-state index contributed by atoms with van der Waals surface area (Å²) in [6.07, 6.45) is 10.1. The molecule has 0 unspecified atom stereocenters. The SMILES string of the molecule is C=CCCCCCCCN(CC)CC. The Labute approximate surface area is 90.2 Å². The van der Waals surface area contributed by atoms with E-state index >= 15 is 0 Å². The second-order valence-electron chi connectivity index (χ2n) is 3.87. The molecule has 0 amide bonds. The van der Waals surface area contributed by atoms with E-state index in [1.807, 2.05) is 6.08 Å². The van der Waals surface area contributed by atoms with E-state index in [4.69, 9.17) is 0 Å². The summed E-state index contributed by atoms with van der Waals surface area (Å²) >= 11 is 0. The molecule has 0 bridgehead atoms. The van der Waals surface area contributed by atoms with E-state index in [1.165, 1.54) is 58.2 Å². The van der Waals surface area contributed by atoms with Gasteiger partial charge in [0.2, 0.25) is 0 Å². The van der Waals surface area contributed by atoms with E-state index in [2.05, 4.69) is 25.3 Å². The Morgan fingerprint density at radius 2 is 1.50 bits per heavy atom. The molecule has 0 saturated heterocycles. The highest BCUT2D eigenvalue weighted by molar-refractivity contribution is 4.65. The first-order valence-corrected chi connectivity index (χ1v) is 6.18. The van der Waals surface area contributed by atoms with Gasteiger partial charge in [-0.15, -0.1) is 6.58 Å². The van der Waals surface area contributed by atoms with Gasteiger partial charge in [-0.3, -0.25) is 0 Å². The summed E-state index contributed by atoms with van der Waals surface area (Å²) < 4.78 is 0. The number of unbranched alkanes of at least 4 members (excludes halogenated alkanes) is 5. The fraction of sp³-hybridized carbons (Fsp3) is 0.846. The van der Waals surface area contributed by atoms with Crippen LogP contribution >= 0.6 is 0 Å². The molecule has 0 aromatic heterocycles. The second kappa shape index (κ2) is 10.8. The maximum absolute atomic E-state index is 3.73. The monoisotopic (exact) mass is 197 g/mol. The largest absolute Gasteiger partial charge is 0.304 e. The summed E-state index contributed by atoms with van der Waals surface area (Å²) in [5, 5.41) is 0. The Hall–Kier alpha value is -0.300. The van der Waals surface area contributed by atoms with Crippen LogP contribution in [0.5, 0.6) is 0 Å². The van der Waals surface area contributed by atoms with Gasteiger partial charge in [0.05, 0.1) is 0 Å².